The second-order valence-electron chi connectivity index (χ2n) is 7.51. The van der Waals surface area contributed by atoms with Crippen molar-refractivity contribution in [2.24, 2.45) is 0 Å². The van der Waals surface area contributed by atoms with Gasteiger partial charge in [-0.05, 0) is 32.1 Å². The Morgan fingerprint density at radius 3 is 2.36 bits per heavy atom. The normalized spacial score (nSPS) is 16.3. The molecule has 0 bridgehead atoms. The Hall–Kier alpha value is -3.15. The van der Waals surface area contributed by atoms with Crippen LogP contribution in [0.3, 0.4) is 0 Å². The molecule has 1 saturated heterocycles. The minimum atomic E-state index is 0.801. The van der Waals surface area contributed by atoms with Gasteiger partial charge in [0.05, 0.1) is 17.9 Å². The molecule has 0 amide bonds. The highest BCUT2D eigenvalue weighted by Gasteiger charge is 2.24. The Bertz CT molecular complexity index is 1030. The minimum absolute atomic E-state index is 0.801. The Balaban J connectivity index is 1.32. The van der Waals surface area contributed by atoms with Crippen LogP contribution in [0.5, 0.6) is 0 Å². The monoisotopic (exact) mass is 372 g/mol. The fourth-order valence-corrected chi connectivity index (χ4v) is 4.13. The zero-order valence-electron chi connectivity index (χ0n) is 16.3. The molecule has 1 fully saturated rings. The van der Waals surface area contributed by atoms with E-state index in [1.165, 1.54) is 22.6 Å². The molecular formula is C22H24N6. The van der Waals surface area contributed by atoms with Gasteiger partial charge in [-0.3, -0.25) is 4.68 Å². The number of hydrogen-bond acceptors (Lipinski definition) is 5. The van der Waals surface area contributed by atoms with Crippen LogP contribution in [-0.4, -0.2) is 50.8 Å². The summed E-state index contributed by atoms with van der Waals surface area (Å²) in [7, 11) is 0. The lowest BCUT2D eigenvalue weighted by Crippen LogP contribution is -2.46. The van der Waals surface area contributed by atoms with Crippen LogP contribution < -0.4 is 4.90 Å². The number of hydrogen-bond donors (Lipinski definition) is 0. The van der Waals surface area contributed by atoms with Crippen LogP contribution in [0.2, 0.25) is 0 Å². The molecular weight excluding hydrogens is 348 g/mol. The van der Waals surface area contributed by atoms with Gasteiger partial charge in [-0.1, -0.05) is 18.2 Å². The van der Waals surface area contributed by atoms with Crippen molar-refractivity contribution in [3.05, 3.63) is 65.6 Å². The fourth-order valence-electron chi connectivity index (χ4n) is 4.13. The fraction of sp³-hybridized carbons (Fsp3) is 0.318. The number of benzene rings is 1. The van der Waals surface area contributed by atoms with E-state index in [0.29, 0.717) is 0 Å². The third-order valence-corrected chi connectivity index (χ3v) is 5.58. The van der Waals surface area contributed by atoms with Crippen LogP contribution in [0.4, 0.5) is 5.69 Å². The zero-order valence-corrected chi connectivity index (χ0v) is 16.3. The summed E-state index contributed by atoms with van der Waals surface area (Å²) >= 11 is 0. The number of fused-ring (bicyclic) bond motifs is 1. The van der Waals surface area contributed by atoms with Gasteiger partial charge in [0.15, 0.2) is 0 Å². The first-order chi connectivity index (χ1) is 13.7. The topological polar surface area (TPSA) is 50.1 Å². The lowest BCUT2D eigenvalue weighted by Gasteiger charge is -2.38. The molecule has 2 aromatic heterocycles. The van der Waals surface area contributed by atoms with Crippen LogP contribution in [0.15, 0.2) is 48.4 Å². The van der Waals surface area contributed by atoms with E-state index in [-0.39, 0.29) is 0 Å². The van der Waals surface area contributed by atoms with E-state index in [9.17, 15) is 0 Å². The molecule has 5 rings (SSSR count). The maximum atomic E-state index is 4.57. The van der Waals surface area contributed by atoms with Gasteiger partial charge in [0, 0.05) is 61.1 Å². The molecule has 3 aromatic rings. The van der Waals surface area contributed by atoms with Crippen molar-refractivity contribution in [3.63, 3.8) is 0 Å². The Kier molecular flexibility index (Phi) is 4.11. The average molecular weight is 372 g/mol. The second kappa shape index (κ2) is 6.78. The van der Waals surface area contributed by atoms with E-state index in [1.807, 2.05) is 26.2 Å². The third kappa shape index (κ3) is 3.05. The zero-order chi connectivity index (χ0) is 19.1. The van der Waals surface area contributed by atoms with Gasteiger partial charge in [0.1, 0.15) is 5.82 Å². The third-order valence-electron chi connectivity index (χ3n) is 5.58. The summed E-state index contributed by atoms with van der Waals surface area (Å²) in [6.07, 6.45) is 6.13. The van der Waals surface area contributed by atoms with Crippen molar-refractivity contribution in [1.29, 1.82) is 0 Å². The SMILES string of the molecule is Cc1cc2n(n1)CC(N1CCN(c3ccccc3-c3cnc(C)nc3)CC1)=C2. The van der Waals surface area contributed by atoms with E-state index >= 15 is 0 Å². The summed E-state index contributed by atoms with van der Waals surface area (Å²) in [6.45, 7) is 8.90. The largest absolute Gasteiger partial charge is 0.370 e. The Morgan fingerprint density at radius 1 is 0.893 bits per heavy atom. The van der Waals surface area contributed by atoms with Crippen molar-refractivity contribution in [2.45, 2.75) is 20.4 Å². The predicted octanol–water partition coefficient (Wildman–Crippen LogP) is 3.13. The highest BCUT2D eigenvalue weighted by molar-refractivity contribution is 5.78. The smallest absolute Gasteiger partial charge is 0.125 e. The lowest BCUT2D eigenvalue weighted by atomic mass is 10.1. The summed E-state index contributed by atoms with van der Waals surface area (Å²) in [6, 6.07) is 10.7. The minimum Gasteiger partial charge on any atom is -0.370 e. The summed E-state index contributed by atoms with van der Waals surface area (Å²) < 4.78 is 2.10. The van der Waals surface area contributed by atoms with Crippen LogP contribution >= 0.6 is 0 Å². The van der Waals surface area contributed by atoms with Gasteiger partial charge in [-0.2, -0.15) is 5.10 Å². The summed E-state index contributed by atoms with van der Waals surface area (Å²) in [4.78, 5) is 13.7. The summed E-state index contributed by atoms with van der Waals surface area (Å²) in [5.41, 5.74) is 7.22. The number of nitrogens with zero attached hydrogens (tertiary/aromatic N) is 6. The summed E-state index contributed by atoms with van der Waals surface area (Å²) in [5.74, 6) is 0.801. The molecule has 6 heteroatoms. The number of anilines is 1. The molecule has 0 N–H and O–H groups in total. The molecule has 0 radical (unpaired) electrons. The number of aromatic nitrogens is 4. The van der Waals surface area contributed by atoms with E-state index in [0.717, 1.165) is 49.8 Å². The van der Waals surface area contributed by atoms with E-state index in [2.05, 4.69) is 66.0 Å². The molecule has 2 aliphatic rings. The molecule has 28 heavy (non-hydrogen) atoms. The first-order valence-electron chi connectivity index (χ1n) is 9.80. The molecule has 1 aromatic carbocycles. The quantitative estimate of drug-likeness (QED) is 0.707. The molecule has 0 spiro atoms. The van der Waals surface area contributed by atoms with Crippen molar-refractivity contribution in [1.82, 2.24) is 24.6 Å². The lowest BCUT2D eigenvalue weighted by molar-refractivity contribution is 0.309. The average Bonchev–Trinajstić information content (AvgIpc) is 3.26. The van der Waals surface area contributed by atoms with Crippen molar-refractivity contribution >= 4 is 11.8 Å². The van der Waals surface area contributed by atoms with E-state index in [1.54, 1.807) is 0 Å². The van der Waals surface area contributed by atoms with Crippen molar-refractivity contribution < 1.29 is 0 Å². The van der Waals surface area contributed by atoms with Crippen molar-refractivity contribution in [3.8, 4) is 11.1 Å². The summed E-state index contributed by atoms with van der Waals surface area (Å²) in [5, 5.41) is 4.57. The number of aryl methyl sites for hydroxylation is 2. The van der Waals surface area contributed by atoms with Gasteiger partial charge in [-0.25, -0.2) is 9.97 Å². The first-order valence-corrected chi connectivity index (χ1v) is 9.80. The number of rotatable bonds is 3. The van der Waals surface area contributed by atoms with Crippen LogP contribution in [0.25, 0.3) is 17.2 Å². The molecule has 0 aliphatic carbocycles. The molecule has 2 aliphatic heterocycles. The molecule has 4 heterocycles. The number of piperazine rings is 1. The van der Waals surface area contributed by atoms with E-state index < -0.39 is 0 Å². The predicted molar refractivity (Wildman–Crippen MR) is 111 cm³/mol. The van der Waals surface area contributed by atoms with Gasteiger partial charge in [0.25, 0.3) is 0 Å². The maximum Gasteiger partial charge on any atom is 0.125 e. The maximum absolute atomic E-state index is 4.57. The second-order valence-corrected chi connectivity index (χ2v) is 7.51. The van der Waals surface area contributed by atoms with Crippen LogP contribution in [0.1, 0.15) is 17.2 Å². The highest BCUT2D eigenvalue weighted by Crippen LogP contribution is 2.31. The van der Waals surface area contributed by atoms with Gasteiger partial charge in [-0.15, -0.1) is 0 Å². The molecule has 142 valence electrons. The first kappa shape index (κ1) is 17.0. The highest BCUT2D eigenvalue weighted by atomic mass is 15.3. The number of para-hydroxylation sites is 1. The molecule has 6 nitrogen and oxygen atoms in total. The van der Waals surface area contributed by atoms with Gasteiger partial charge in [0.2, 0.25) is 0 Å². The number of allylic oxidation sites excluding steroid dienone is 1. The van der Waals surface area contributed by atoms with Gasteiger partial charge < -0.3 is 9.80 Å². The molecule has 0 saturated carbocycles. The van der Waals surface area contributed by atoms with Gasteiger partial charge >= 0.3 is 0 Å². The molecule has 0 atom stereocenters. The standard InChI is InChI=1S/C22H24N6/c1-16-11-19-12-20(15-28(19)25-16)26-7-9-27(10-8-26)22-6-4-3-5-21(22)18-13-23-17(2)24-14-18/h3-6,11-14H,7-10,15H2,1-2H3. The van der Waals surface area contributed by atoms with E-state index in [4.69, 9.17) is 0 Å². The molecule has 0 unspecified atom stereocenters. The Morgan fingerprint density at radius 2 is 1.61 bits per heavy atom. The Labute approximate surface area is 165 Å². The van der Waals surface area contributed by atoms with Crippen LogP contribution in [0, 0.1) is 13.8 Å². The van der Waals surface area contributed by atoms with Crippen LogP contribution in [-0.2, 0) is 6.54 Å². The van der Waals surface area contributed by atoms with Crippen molar-refractivity contribution in [2.75, 3.05) is 31.1 Å².